The molecule has 2 aliphatic rings. The molecule has 1 aromatic carbocycles. The third kappa shape index (κ3) is 4.77. The summed E-state index contributed by atoms with van der Waals surface area (Å²) in [6.07, 6.45) is 4.67. The van der Waals surface area contributed by atoms with Gasteiger partial charge in [0.2, 0.25) is 5.91 Å². The lowest BCUT2D eigenvalue weighted by molar-refractivity contribution is -0.133. The number of amides is 1. The topological polar surface area (TPSA) is 45.2 Å². The van der Waals surface area contributed by atoms with E-state index in [9.17, 15) is 4.79 Å². The summed E-state index contributed by atoms with van der Waals surface area (Å²) >= 11 is 1.66. The first kappa shape index (κ1) is 21.2. The molecule has 2 fully saturated rings. The number of carbonyl (C=O) groups is 1. The summed E-state index contributed by atoms with van der Waals surface area (Å²) in [7, 11) is 0. The smallest absolute Gasteiger partial charge is 0.229 e. The summed E-state index contributed by atoms with van der Waals surface area (Å²) in [5.74, 6) is 0.253. The first-order chi connectivity index (χ1) is 11.8. The Kier molecular flexibility index (Phi) is 7.89. The number of nitrogens with zero attached hydrogens (tertiary/aromatic N) is 2. The standard InChI is InChI=1S/C19H23N3OS.2ClH/c23-19(22-16-6-7-17(22)12-20-9-8-16)11-15-13-24-18(21-15)10-14-4-2-1-3-5-14;;/h1-5,13,16-17,20H,6-12H2;2*1H. The molecule has 2 aromatic rings. The van der Waals surface area contributed by atoms with Crippen LogP contribution in [0.5, 0.6) is 0 Å². The van der Waals surface area contributed by atoms with Crippen molar-refractivity contribution in [2.75, 3.05) is 13.1 Å². The quantitative estimate of drug-likeness (QED) is 0.834. The van der Waals surface area contributed by atoms with E-state index in [1.165, 1.54) is 5.56 Å². The molecule has 3 heterocycles. The molecule has 2 unspecified atom stereocenters. The molecule has 0 spiro atoms. The Morgan fingerprint density at radius 3 is 2.73 bits per heavy atom. The number of halogens is 2. The van der Waals surface area contributed by atoms with Crippen molar-refractivity contribution >= 4 is 42.1 Å². The zero-order valence-electron chi connectivity index (χ0n) is 14.6. The number of benzene rings is 1. The number of hydrogen-bond acceptors (Lipinski definition) is 4. The van der Waals surface area contributed by atoms with Crippen molar-refractivity contribution in [2.24, 2.45) is 0 Å². The number of rotatable bonds is 4. The minimum Gasteiger partial charge on any atom is -0.335 e. The van der Waals surface area contributed by atoms with Crippen LogP contribution in [0.3, 0.4) is 0 Å². The van der Waals surface area contributed by atoms with Crippen LogP contribution in [0.4, 0.5) is 0 Å². The van der Waals surface area contributed by atoms with Gasteiger partial charge in [0.05, 0.1) is 17.1 Å². The fourth-order valence-electron chi connectivity index (χ4n) is 3.92. The number of hydrogen-bond donors (Lipinski definition) is 1. The van der Waals surface area contributed by atoms with Crippen molar-refractivity contribution in [1.29, 1.82) is 0 Å². The Balaban J connectivity index is 0.00000121. The lowest BCUT2D eigenvalue weighted by Crippen LogP contribution is -2.43. The SMILES string of the molecule is Cl.Cl.O=C(Cc1csc(Cc2ccccc2)n1)N1C2CCNCC1CC2. The number of carbonyl (C=O) groups excluding carboxylic acids is 1. The average molecular weight is 414 g/mol. The zero-order chi connectivity index (χ0) is 16.4. The Hall–Kier alpha value is -1.14. The Labute approximate surface area is 171 Å². The van der Waals surface area contributed by atoms with Crippen LogP contribution in [0, 0.1) is 0 Å². The third-order valence-corrected chi connectivity index (χ3v) is 5.97. The monoisotopic (exact) mass is 413 g/mol. The van der Waals surface area contributed by atoms with Gasteiger partial charge in [0.15, 0.2) is 0 Å². The van der Waals surface area contributed by atoms with Crippen molar-refractivity contribution in [3.63, 3.8) is 0 Å². The van der Waals surface area contributed by atoms with Crippen LogP contribution in [0.15, 0.2) is 35.7 Å². The van der Waals surface area contributed by atoms with Crippen LogP contribution in [0.2, 0.25) is 0 Å². The summed E-state index contributed by atoms with van der Waals surface area (Å²) in [5.41, 5.74) is 2.19. The lowest BCUT2D eigenvalue weighted by atomic mass is 10.1. The molecule has 2 atom stereocenters. The highest BCUT2D eigenvalue weighted by Gasteiger charge is 2.37. The summed E-state index contributed by atoms with van der Waals surface area (Å²) in [6, 6.07) is 11.2. The van der Waals surface area contributed by atoms with Crippen LogP contribution >= 0.6 is 36.2 Å². The van der Waals surface area contributed by atoms with Crippen LogP contribution < -0.4 is 5.32 Å². The van der Waals surface area contributed by atoms with E-state index >= 15 is 0 Å². The van der Waals surface area contributed by atoms with Gasteiger partial charge in [-0.25, -0.2) is 4.98 Å². The van der Waals surface area contributed by atoms with Gasteiger partial charge in [0.25, 0.3) is 0 Å². The molecule has 2 aliphatic heterocycles. The second kappa shape index (κ2) is 9.70. The van der Waals surface area contributed by atoms with E-state index in [1.54, 1.807) is 11.3 Å². The maximum Gasteiger partial charge on any atom is 0.229 e. The number of aromatic nitrogens is 1. The fraction of sp³-hybridized carbons (Fsp3) is 0.474. The summed E-state index contributed by atoms with van der Waals surface area (Å²) in [6.45, 7) is 1.97. The molecule has 26 heavy (non-hydrogen) atoms. The highest BCUT2D eigenvalue weighted by Crippen LogP contribution is 2.28. The maximum atomic E-state index is 12.8. The van der Waals surface area contributed by atoms with Crippen LogP contribution in [-0.4, -0.2) is 41.0 Å². The molecule has 0 aliphatic carbocycles. The van der Waals surface area contributed by atoms with Crippen molar-refractivity contribution in [3.8, 4) is 0 Å². The maximum absolute atomic E-state index is 12.8. The highest BCUT2D eigenvalue weighted by molar-refractivity contribution is 7.09. The third-order valence-electron chi connectivity index (χ3n) is 5.07. The van der Waals surface area contributed by atoms with Gasteiger partial charge in [0.1, 0.15) is 0 Å². The fourth-order valence-corrected chi connectivity index (χ4v) is 4.75. The molecular weight excluding hydrogens is 389 g/mol. The van der Waals surface area contributed by atoms with Gasteiger partial charge in [-0.05, 0) is 31.4 Å². The van der Waals surface area contributed by atoms with E-state index in [2.05, 4.69) is 39.5 Å². The summed E-state index contributed by atoms with van der Waals surface area (Å²) in [5, 5.41) is 6.59. The van der Waals surface area contributed by atoms with E-state index < -0.39 is 0 Å². The van der Waals surface area contributed by atoms with Crippen LogP contribution in [0.1, 0.15) is 35.5 Å². The minimum absolute atomic E-state index is 0. The van der Waals surface area contributed by atoms with E-state index in [-0.39, 0.29) is 30.7 Å². The minimum atomic E-state index is 0. The van der Waals surface area contributed by atoms with Gasteiger partial charge in [-0.3, -0.25) is 4.79 Å². The van der Waals surface area contributed by atoms with Crippen LogP contribution in [-0.2, 0) is 17.6 Å². The normalized spacial score (nSPS) is 21.5. The van der Waals surface area contributed by atoms with Gasteiger partial charge >= 0.3 is 0 Å². The first-order valence-electron chi connectivity index (χ1n) is 8.78. The molecule has 4 rings (SSSR count). The van der Waals surface area contributed by atoms with Gasteiger partial charge in [-0.2, -0.15) is 0 Å². The Morgan fingerprint density at radius 2 is 1.92 bits per heavy atom. The summed E-state index contributed by atoms with van der Waals surface area (Å²) < 4.78 is 0. The molecule has 2 saturated heterocycles. The second-order valence-corrected chi connectivity index (χ2v) is 7.69. The number of fused-ring (bicyclic) bond motifs is 2. The average Bonchev–Trinajstić information content (AvgIpc) is 3.11. The molecule has 1 N–H and O–H groups in total. The van der Waals surface area contributed by atoms with Crippen molar-refractivity contribution in [3.05, 3.63) is 52.0 Å². The Morgan fingerprint density at radius 1 is 1.15 bits per heavy atom. The molecule has 2 bridgehead atoms. The molecule has 1 amide bonds. The molecular formula is C19H25Cl2N3OS. The van der Waals surface area contributed by atoms with Crippen molar-refractivity contribution < 1.29 is 4.79 Å². The largest absolute Gasteiger partial charge is 0.335 e. The number of nitrogens with one attached hydrogen (secondary N) is 1. The van der Waals surface area contributed by atoms with Gasteiger partial charge in [-0.1, -0.05) is 30.3 Å². The predicted octanol–water partition coefficient (Wildman–Crippen LogP) is 3.47. The molecule has 0 radical (unpaired) electrons. The van der Waals surface area contributed by atoms with E-state index in [0.29, 0.717) is 18.5 Å². The van der Waals surface area contributed by atoms with Gasteiger partial charge in [0, 0.05) is 30.4 Å². The number of thiazole rings is 1. The molecule has 7 heteroatoms. The summed E-state index contributed by atoms with van der Waals surface area (Å²) in [4.78, 5) is 19.7. The molecule has 1 aromatic heterocycles. The zero-order valence-corrected chi connectivity index (χ0v) is 17.0. The molecule has 4 nitrogen and oxygen atoms in total. The van der Waals surface area contributed by atoms with Crippen LogP contribution in [0.25, 0.3) is 0 Å². The van der Waals surface area contributed by atoms with Gasteiger partial charge in [-0.15, -0.1) is 36.2 Å². The Bertz CT molecular complexity index is 696. The van der Waals surface area contributed by atoms with E-state index in [1.807, 2.05) is 11.4 Å². The molecule has 142 valence electrons. The molecule has 0 saturated carbocycles. The highest BCUT2D eigenvalue weighted by atomic mass is 35.5. The predicted molar refractivity (Wildman–Crippen MR) is 111 cm³/mol. The van der Waals surface area contributed by atoms with Crippen molar-refractivity contribution in [1.82, 2.24) is 15.2 Å². The van der Waals surface area contributed by atoms with E-state index in [0.717, 1.165) is 49.5 Å². The van der Waals surface area contributed by atoms with Gasteiger partial charge < -0.3 is 10.2 Å². The first-order valence-corrected chi connectivity index (χ1v) is 9.66. The van der Waals surface area contributed by atoms with Crippen molar-refractivity contribution in [2.45, 2.75) is 44.2 Å². The second-order valence-electron chi connectivity index (χ2n) is 6.75. The lowest BCUT2D eigenvalue weighted by Gasteiger charge is -2.27. The van der Waals surface area contributed by atoms with E-state index in [4.69, 9.17) is 0 Å².